The Kier molecular flexibility index (Phi) is 3.72. The number of nitrogens with zero attached hydrogens (tertiary/aromatic N) is 1. The maximum Gasteiger partial charge on any atom is 0.162 e. The Morgan fingerprint density at radius 1 is 1.10 bits per heavy atom. The van der Waals surface area contributed by atoms with Crippen LogP contribution in [0.2, 0.25) is 0 Å². The Morgan fingerprint density at radius 2 is 1.95 bits per heavy atom. The molecule has 1 N–H and O–H groups in total. The zero-order valence-electron chi connectivity index (χ0n) is 11.6. The Morgan fingerprint density at radius 3 is 2.80 bits per heavy atom. The number of anilines is 1. The molecule has 0 bridgehead atoms. The van der Waals surface area contributed by atoms with E-state index in [-0.39, 0.29) is 0 Å². The number of nitrogens with one attached hydrogen (secondary N) is 1. The number of aromatic nitrogens is 1. The van der Waals surface area contributed by atoms with Crippen molar-refractivity contribution in [1.82, 2.24) is 4.98 Å². The van der Waals surface area contributed by atoms with Gasteiger partial charge in [0.05, 0.1) is 5.69 Å². The van der Waals surface area contributed by atoms with Gasteiger partial charge in [-0.2, -0.15) is 0 Å². The van der Waals surface area contributed by atoms with Crippen molar-refractivity contribution >= 4 is 5.69 Å². The number of rotatable bonds is 4. The van der Waals surface area contributed by atoms with E-state index >= 15 is 0 Å². The van der Waals surface area contributed by atoms with Gasteiger partial charge in [-0.1, -0.05) is 6.92 Å². The molecule has 1 aromatic heterocycles. The van der Waals surface area contributed by atoms with E-state index in [0.29, 0.717) is 13.2 Å². The molecule has 1 aliphatic heterocycles. The molecule has 0 atom stereocenters. The summed E-state index contributed by atoms with van der Waals surface area (Å²) in [5.41, 5.74) is 3.06. The molecule has 2 heterocycles. The third-order valence-electron chi connectivity index (χ3n) is 3.18. The van der Waals surface area contributed by atoms with E-state index in [1.165, 1.54) is 0 Å². The Hall–Kier alpha value is -2.23. The molecule has 20 heavy (non-hydrogen) atoms. The van der Waals surface area contributed by atoms with E-state index in [1.807, 2.05) is 30.5 Å². The maximum absolute atomic E-state index is 5.61. The summed E-state index contributed by atoms with van der Waals surface area (Å²) >= 11 is 0. The number of benzene rings is 1. The molecular formula is C16H18N2O2. The normalized spacial score (nSPS) is 13.1. The Bertz CT molecular complexity index is 599. The van der Waals surface area contributed by atoms with Crippen LogP contribution in [0.15, 0.2) is 36.5 Å². The van der Waals surface area contributed by atoms with Gasteiger partial charge in [-0.3, -0.25) is 4.98 Å². The number of hydrogen-bond donors (Lipinski definition) is 1. The lowest BCUT2D eigenvalue weighted by Crippen LogP contribution is -2.15. The number of pyridine rings is 1. The van der Waals surface area contributed by atoms with Crippen LogP contribution >= 0.6 is 0 Å². The highest BCUT2D eigenvalue weighted by atomic mass is 16.6. The first-order chi connectivity index (χ1) is 9.86. The standard InChI is InChI=1S/C16H18N2O2/c1-2-6-17-13-5-7-18-14(11-13)12-3-4-15-16(10-12)20-9-8-19-15/h3-5,7,10-11H,2,6,8-9H2,1H3,(H,17,18). The summed E-state index contributed by atoms with van der Waals surface area (Å²) in [5.74, 6) is 1.60. The van der Waals surface area contributed by atoms with Crippen molar-refractivity contribution in [3.05, 3.63) is 36.5 Å². The van der Waals surface area contributed by atoms with Crippen LogP contribution in [0.4, 0.5) is 5.69 Å². The molecule has 4 heteroatoms. The number of ether oxygens (including phenoxy) is 2. The fourth-order valence-electron chi connectivity index (χ4n) is 2.17. The van der Waals surface area contributed by atoms with E-state index in [2.05, 4.69) is 23.3 Å². The molecule has 0 aliphatic carbocycles. The van der Waals surface area contributed by atoms with Crippen molar-refractivity contribution in [3.8, 4) is 22.8 Å². The highest BCUT2D eigenvalue weighted by Crippen LogP contribution is 2.34. The van der Waals surface area contributed by atoms with Gasteiger partial charge in [-0.15, -0.1) is 0 Å². The minimum atomic E-state index is 0.599. The van der Waals surface area contributed by atoms with Crippen LogP contribution in [0.5, 0.6) is 11.5 Å². The first kappa shape index (κ1) is 12.8. The van der Waals surface area contributed by atoms with Crippen LogP contribution in [0.25, 0.3) is 11.3 Å². The van der Waals surface area contributed by atoms with Gasteiger partial charge >= 0.3 is 0 Å². The van der Waals surface area contributed by atoms with Crippen LogP contribution in [-0.4, -0.2) is 24.7 Å². The first-order valence-corrected chi connectivity index (χ1v) is 6.97. The average Bonchev–Trinajstić information content (AvgIpc) is 2.53. The van der Waals surface area contributed by atoms with E-state index in [1.54, 1.807) is 0 Å². The first-order valence-electron chi connectivity index (χ1n) is 6.97. The van der Waals surface area contributed by atoms with Gasteiger partial charge in [0.15, 0.2) is 11.5 Å². The SMILES string of the molecule is CCCNc1ccnc(-c2ccc3c(c2)OCCO3)c1. The fraction of sp³-hybridized carbons (Fsp3) is 0.312. The van der Waals surface area contributed by atoms with E-state index in [0.717, 1.165) is 41.4 Å². The third-order valence-corrected chi connectivity index (χ3v) is 3.18. The van der Waals surface area contributed by atoms with Crippen molar-refractivity contribution in [3.63, 3.8) is 0 Å². The van der Waals surface area contributed by atoms with Crippen molar-refractivity contribution in [1.29, 1.82) is 0 Å². The minimum Gasteiger partial charge on any atom is -0.486 e. The van der Waals surface area contributed by atoms with Crippen LogP contribution in [0, 0.1) is 0 Å². The summed E-state index contributed by atoms with van der Waals surface area (Å²) in [4.78, 5) is 4.43. The van der Waals surface area contributed by atoms with Crippen LogP contribution in [0.3, 0.4) is 0 Å². The fourth-order valence-corrected chi connectivity index (χ4v) is 2.17. The minimum absolute atomic E-state index is 0.599. The van der Waals surface area contributed by atoms with Gasteiger partial charge in [-0.05, 0) is 36.8 Å². The average molecular weight is 270 g/mol. The summed E-state index contributed by atoms with van der Waals surface area (Å²) in [6.07, 6.45) is 2.92. The molecule has 0 unspecified atom stereocenters. The smallest absolute Gasteiger partial charge is 0.162 e. The number of fused-ring (bicyclic) bond motifs is 1. The molecular weight excluding hydrogens is 252 g/mol. The summed E-state index contributed by atoms with van der Waals surface area (Å²) in [6, 6.07) is 9.98. The summed E-state index contributed by atoms with van der Waals surface area (Å²) in [5, 5.41) is 3.37. The molecule has 0 spiro atoms. The predicted octanol–water partition coefficient (Wildman–Crippen LogP) is 3.34. The lowest BCUT2D eigenvalue weighted by Gasteiger charge is -2.18. The molecule has 4 nitrogen and oxygen atoms in total. The van der Waals surface area contributed by atoms with Crippen LogP contribution in [-0.2, 0) is 0 Å². The van der Waals surface area contributed by atoms with Gasteiger partial charge < -0.3 is 14.8 Å². The molecule has 3 rings (SSSR count). The third kappa shape index (κ3) is 2.69. The molecule has 0 fully saturated rings. The summed E-state index contributed by atoms with van der Waals surface area (Å²) in [7, 11) is 0. The highest BCUT2D eigenvalue weighted by Gasteiger charge is 2.12. The summed E-state index contributed by atoms with van der Waals surface area (Å²) < 4.78 is 11.1. The van der Waals surface area contributed by atoms with Crippen molar-refractivity contribution < 1.29 is 9.47 Å². The lowest BCUT2D eigenvalue weighted by atomic mass is 10.1. The van der Waals surface area contributed by atoms with Crippen LogP contribution < -0.4 is 14.8 Å². The molecule has 0 saturated heterocycles. The van der Waals surface area contributed by atoms with Crippen molar-refractivity contribution in [2.45, 2.75) is 13.3 Å². The second kappa shape index (κ2) is 5.82. The van der Waals surface area contributed by atoms with E-state index in [4.69, 9.17) is 9.47 Å². The zero-order chi connectivity index (χ0) is 13.8. The van der Waals surface area contributed by atoms with Gasteiger partial charge in [-0.25, -0.2) is 0 Å². The second-order valence-electron chi connectivity index (χ2n) is 4.71. The Balaban J connectivity index is 1.88. The molecule has 0 radical (unpaired) electrons. The molecule has 1 aliphatic rings. The van der Waals surface area contributed by atoms with E-state index < -0.39 is 0 Å². The van der Waals surface area contributed by atoms with Gasteiger partial charge in [0.2, 0.25) is 0 Å². The zero-order valence-corrected chi connectivity index (χ0v) is 11.6. The maximum atomic E-state index is 5.61. The highest BCUT2D eigenvalue weighted by molar-refractivity contribution is 5.67. The van der Waals surface area contributed by atoms with Crippen molar-refractivity contribution in [2.75, 3.05) is 25.1 Å². The topological polar surface area (TPSA) is 43.4 Å². The van der Waals surface area contributed by atoms with Gasteiger partial charge in [0.1, 0.15) is 13.2 Å². The van der Waals surface area contributed by atoms with Crippen LogP contribution in [0.1, 0.15) is 13.3 Å². The Labute approximate surface area is 118 Å². The molecule has 0 amide bonds. The number of hydrogen-bond acceptors (Lipinski definition) is 4. The van der Waals surface area contributed by atoms with Gasteiger partial charge in [0, 0.05) is 24.0 Å². The monoisotopic (exact) mass is 270 g/mol. The second-order valence-corrected chi connectivity index (χ2v) is 4.71. The lowest BCUT2D eigenvalue weighted by molar-refractivity contribution is 0.171. The van der Waals surface area contributed by atoms with E-state index in [9.17, 15) is 0 Å². The van der Waals surface area contributed by atoms with Crippen molar-refractivity contribution in [2.24, 2.45) is 0 Å². The summed E-state index contributed by atoms with van der Waals surface area (Å²) in [6.45, 7) is 4.32. The molecule has 1 aromatic carbocycles. The predicted molar refractivity (Wildman–Crippen MR) is 79.4 cm³/mol. The quantitative estimate of drug-likeness (QED) is 0.925. The largest absolute Gasteiger partial charge is 0.486 e. The van der Waals surface area contributed by atoms with Gasteiger partial charge in [0.25, 0.3) is 0 Å². The molecule has 0 saturated carbocycles. The molecule has 2 aromatic rings. The molecule has 104 valence electrons.